The van der Waals surface area contributed by atoms with Crippen molar-refractivity contribution in [2.24, 2.45) is 0 Å². The third-order valence-corrected chi connectivity index (χ3v) is 4.06. The molecule has 1 unspecified atom stereocenters. The summed E-state index contributed by atoms with van der Waals surface area (Å²) in [5, 5.41) is 0. The second kappa shape index (κ2) is 3.51. The number of hydrogen-bond donors (Lipinski definition) is 0. The Kier molecular flexibility index (Phi) is 2.49. The fraction of sp³-hybridized carbons (Fsp3) is 0.300. The lowest BCUT2D eigenvalue weighted by Crippen LogP contribution is -2.28. The third kappa shape index (κ3) is 1.77. The first kappa shape index (κ1) is 9.93. The number of rotatable bonds is 1. The molecule has 2 rings (SSSR count). The molecular weight excluding hydrogens is 264 g/mol. The molecule has 0 aliphatic carbocycles. The Bertz CT molecular complexity index is 397. The minimum atomic E-state index is -0.484. The predicted molar refractivity (Wildman–Crippen MR) is 59.2 cm³/mol. The monoisotopic (exact) mass is 272 g/mol. The largest absolute Gasteiger partial charge is 0.489 e. The second-order valence-corrected chi connectivity index (χ2v) is 5.86. The van der Waals surface area contributed by atoms with Gasteiger partial charge in [-0.3, -0.25) is 4.79 Å². The van der Waals surface area contributed by atoms with Crippen molar-refractivity contribution in [2.45, 2.75) is 18.9 Å². The Hall–Kier alpha value is -0.610. The average Bonchev–Trinajstić information content (AvgIpc) is 2.52. The van der Waals surface area contributed by atoms with Gasteiger partial charge in [-0.1, -0.05) is 0 Å². The van der Waals surface area contributed by atoms with Gasteiger partial charge in [-0.2, -0.15) is 0 Å². The number of ketones is 1. The Morgan fingerprint density at radius 3 is 2.93 bits per heavy atom. The Labute approximate surface area is 94.7 Å². The molecule has 0 aromatic carbocycles. The highest BCUT2D eigenvalue weighted by molar-refractivity contribution is 9.11. The Morgan fingerprint density at radius 1 is 1.57 bits per heavy atom. The quantitative estimate of drug-likeness (QED) is 0.785. The molecule has 0 radical (unpaired) electrons. The maximum Gasteiger partial charge on any atom is 0.163 e. The van der Waals surface area contributed by atoms with Gasteiger partial charge in [0.15, 0.2) is 5.78 Å². The van der Waals surface area contributed by atoms with E-state index in [1.54, 1.807) is 11.3 Å². The first-order chi connectivity index (χ1) is 6.60. The van der Waals surface area contributed by atoms with Crippen LogP contribution in [-0.4, -0.2) is 5.78 Å². The molecule has 0 saturated carbocycles. The highest BCUT2D eigenvalue weighted by Crippen LogP contribution is 2.38. The maximum absolute atomic E-state index is 11.3. The van der Waals surface area contributed by atoms with Crippen LogP contribution in [0.2, 0.25) is 0 Å². The molecule has 2 nitrogen and oxygen atoms in total. The molecule has 0 saturated heterocycles. The van der Waals surface area contributed by atoms with Gasteiger partial charge in [0.2, 0.25) is 0 Å². The van der Waals surface area contributed by atoms with Gasteiger partial charge in [0.25, 0.3) is 0 Å². The summed E-state index contributed by atoms with van der Waals surface area (Å²) in [7, 11) is 0. The molecule has 1 aromatic heterocycles. The molecule has 14 heavy (non-hydrogen) atoms. The van der Waals surface area contributed by atoms with Gasteiger partial charge >= 0.3 is 0 Å². The predicted octanol–water partition coefficient (Wildman–Crippen LogP) is 3.23. The minimum Gasteiger partial charge on any atom is -0.489 e. The highest BCUT2D eigenvalue weighted by atomic mass is 79.9. The van der Waals surface area contributed by atoms with Crippen LogP contribution < -0.4 is 0 Å². The lowest BCUT2D eigenvalue weighted by molar-refractivity contribution is -0.121. The topological polar surface area (TPSA) is 26.3 Å². The molecule has 2 heterocycles. The number of hydrogen-bond acceptors (Lipinski definition) is 3. The number of thiophene rings is 1. The van der Waals surface area contributed by atoms with E-state index in [1.807, 2.05) is 19.1 Å². The van der Waals surface area contributed by atoms with Crippen LogP contribution in [0.4, 0.5) is 0 Å². The number of carbonyl (C=O) groups excluding carboxylic acids is 1. The molecule has 74 valence electrons. The van der Waals surface area contributed by atoms with E-state index in [4.69, 9.17) is 4.74 Å². The summed E-state index contributed by atoms with van der Waals surface area (Å²) in [6.45, 7) is 1.94. The van der Waals surface area contributed by atoms with Crippen LogP contribution in [0.1, 0.15) is 18.2 Å². The van der Waals surface area contributed by atoms with Gasteiger partial charge in [0, 0.05) is 11.0 Å². The van der Waals surface area contributed by atoms with E-state index in [0.717, 1.165) is 8.66 Å². The SMILES string of the molecule is CC1(c2ccc(Br)s2)CC(=O)C=CO1. The zero-order chi connectivity index (χ0) is 10.2. The molecular formula is C10H9BrO2S. The van der Waals surface area contributed by atoms with Gasteiger partial charge in [-0.15, -0.1) is 11.3 Å². The summed E-state index contributed by atoms with van der Waals surface area (Å²) in [6.07, 6.45) is 3.38. The number of carbonyl (C=O) groups is 1. The average molecular weight is 273 g/mol. The van der Waals surface area contributed by atoms with Crippen molar-refractivity contribution in [2.75, 3.05) is 0 Å². The normalized spacial score (nSPS) is 26.3. The van der Waals surface area contributed by atoms with Crippen molar-refractivity contribution in [3.05, 3.63) is 33.1 Å². The van der Waals surface area contributed by atoms with Crippen LogP contribution >= 0.6 is 27.3 Å². The van der Waals surface area contributed by atoms with E-state index < -0.39 is 5.60 Å². The molecule has 1 aliphatic rings. The van der Waals surface area contributed by atoms with Crippen molar-refractivity contribution in [3.63, 3.8) is 0 Å². The minimum absolute atomic E-state index is 0.114. The molecule has 0 amide bonds. The fourth-order valence-corrected chi connectivity index (χ4v) is 2.91. The summed E-state index contributed by atoms with van der Waals surface area (Å²) in [4.78, 5) is 12.4. The smallest absolute Gasteiger partial charge is 0.163 e. The van der Waals surface area contributed by atoms with Crippen molar-refractivity contribution in [1.82, 2.24) is 0 Å². The number of allylic oxidation sites excluding steroid dienone is 1. The van der Waals surface area contributed by atoms with Crippen LogP contribution in [0.15, 0.2) is 28.3 Å². The van der Waals surface area contributed by atoms with Crippen LogP contribution in [0, 0.1) is 0 Å². The van der Waals surface area contributed by atoms with Crippen LogP contribution in [0.3, 0.4) is 0 Å². The molecule has 1 atom stereocenters. The van der Waals surface area contributed by atoms with Crippen molar-refractivity contribution in [3.8, 4) is 0 Å². The zero-order valence-electron chi connectivity index (χ0n) is 7.62. The summed E-state index contributed by atoms with van der Waals surface area (Å²) >= 11 is 5.00. The molecule has 1 aromatic rings. The number of ether oxygens (including phenoxy) is 1. The van der Waals surface area contributed by atoms with Crippen LogP contribution in [-0.2, 0) is 15.1 Å². The molecule has 0 N–H and O–H groups in total. The van der Waals surface area contributed by atoms with Crippen molar-refractivity contribution in [1.29, 1.82) is 0 Å². The van der Waals surface area contributed by atoms with Gasteiger partial charge in [0.05, 0.1) is 16.5 Å². The van der Waals surface area contributed by atoms with E-state index in [9.17, 15) is 4.79 Å². The lowest BCUT2D eigenvalue weighted by Gasteiger charge is -2.29. The molecule has 0 spiro atoms. The van der Waals surface area contributed by atoms with Crippen LogP contribution in [0.25, 0.3) is 0 Å². The first-order valence-electron chi connectivity index (χ1n) is 4.23. The molecule has 0 bridgehead atoms. The zero-order valence-corrected chi connectivity index (χ0v) is 10.0. The van der Waals surface area contributed by atoms with Crippen molar-refractivity contribution < 1.29 is 9.53 Å². The van der Waals surface area contributed by atoms with Gasteiger partial charge < -0.3 is 4.74 Å². The summed E-state index contributed by atoms with van der Waals surface area (Å²) in [5.41, 5.74) is -0.484. The second-order valence-electron chi connectivity index (χ2n) is 3.40. The summed E-state index contributed by atoms with van der Waals surface area (Å²) < 4.78 is 6.58. The van der Waals surface area contributed by atoms with E-state index in [1.165, 1.54) is 12.3 Å². The van der Waals surface area contributed by atoms with E-state index >= 15 is 0 Å². The highest BCUT2D eigenvalue weighted by Gasteiger charge is 2.33. The fourth-order valence-electron chi connectivity index (χ4n) is 1.44. The van der Waals surface area contributed by atoms with Gasteiger partial charge in [-0.25, -0.2) is 0 Å². The summed E-state index contributed by atoms with van der Waals surface area (Å²) in [6, 6.07) is 3.96. The lowest BCUT2D eigenvalue weighted by atomic mass is 9.95. The maximum atomic E-state index is 11.3. The first-order valence-corrected chi connectivity index (χ1v) is 5.84. The van der Waals surface area contributed by atoms with Gasteiger partial charge in [0.1, 0.15) is 5.60 Å². The molecule has 4 heteroatoms. The number of halogens is 1. The molecule has 0 fully saturated rings. The third-order valence-electron chi connectivity index (χ3n) is 2.19. The Balaban J connectivity index is 2.33. The van der Waals surface area contributed by atoms with E-state index in [0.29, 0.717) is 6.42 Å². The van der Waals surface area contributed by atoms with Crippen molar-refractivity contribution >= 4 is 33.0 Å². The van der Waals surface area contributed by atoms with Crippen LogP contribution in [0.5, 0.6) is 0 Å². The van der Waals surface area contributed by atoms with E-state index in [2.05, 4.69) is 15.9 Å². The van der Waals surface area contributed by atoms with Gasteiger partial charge in [-0.05, 0) is 35.0 Å². The van der Waals surface area contributed by atoms with E-state index in [-0.39, 0.29) is 5.78 Å². The summed E-state index contributed by atoms with van der Waals surface area (Å²) in [5.74, 6) is 0.114. The Morgan fingerprint density at radius 2 is 2.36 bits per heavy atom. The molecule has 1 aliphatic heterocycles. The standard InChI is InChI=1S/C10H9BrO2S/c1-10(6-7(12)4-5-13-10)8-2-3-9(11)14-8/h2-5H,6H2,1H3.